The van der Waals surface area contributed by atoms with Crippen molar-refractivity contribution in [3.63, 3.8) is 0 Å². The molecule has 0 fully saturated rings. The van der Waals surface area contributed by atoms with Crippen molar-refractivity contribution in [3.05, 3.63) is 97.9 Å². The lowest BCUT2D eigenvalue weighted by Crippen LogP contribution is -2.34. The number of hydrogen-bond donors (Lipinski definition) is 2. The number of para-hydroxylation sites is 1. The molecular weight excluding hydrogens is 523 g/mol. The first-order valence-electron chi connectivity index (χ1n) is 11.3. The Bertz CT molecular complexity index is 1780. The molecule has 2 heterocycles. The number of sulfonamides is 1. The van der Waals surface area contributed by atoms with Gasteiger partial charge in [-0.3, -0.25) is 23.9 Å². The highest BCUT2D eigenvalue weighted by atomic mass is 35.5. The third kappa shape index (κ3) is 4.75. The SMILES string of the molecule is O=C(CCn1c(=O)[nH]c(=O)c2ccccc21)N1CCc2cc(NS(=O)(=O)c3ccc(F)cc3Cl)ccc21. The summed E-state index contributed by atoms with van der Waals surface area (Å²) in [6.07, 6.45) is 0.530. The number of fused-ring (bicyclic) bond motifs is 2. The summed E-state index contributed by atoms with van der Waals surface area (Å²) < 4.78 is 42.6. The molecule has 0 saturated heterocycles. The molecule has 12 heteroatoms. The van der Waals surface area contributed by atoms with E-state index in [9.17, 15) is 27.2 Å². The van der Waals surface area contributed by atoms with E-state index in [1.54, 1.807) is 41.3 Å². The van der Waals surface area contributed by atoms with Crippen molar-refractivity contribution >= 4 is 49.8 Å². The largest absolute Gasteiger partial charge is 0.328 e. The molecule has 9 nitrogen and oxygen atoms in total. The molecule has 1 amide bonds. The number of nitrogens with one attached hydrogen (secondary N) is 2. The molecule has 3 aromatic carbocycles. The van der Waals surface area contributed by atoms with Crippen molar-refractivity contribution in [1.29, 1.82) is 0 Å². The van der Waals surface area contributed by atoms with Crippen LogP contribution in [-0.2, 0) is 27.8 Å². The van der Waals surface area contributed by atoms with Crippen molar-refractivity contribution in [1.82, 2.24) is 9.55 Å². The normalized spacial score (nSPS) is 13.1. The average Bonchev–Trinajstić information content (AvgIpc) is 3.26. The molecule has 5 rings (SSSR count). The van der Waals surface area contributed by atoms with E-state index in [-0.39, 0.29) is 34.5 Å². The number of H-pyrrole nitrogens is 1. The van der Waals surface area contributed by atoms with Crippen LogP contribution in [0.2, 0.25) is 5.02 Å². The molecule has 0 bridgehead atoms. The second-order valence-corrected chi connectivity index (χ2v) is 10.6. The highest BCUT2D eigenvalue weighted by molar-refractivity contribution is 7.92. The maximum atomic E-state index is 13.3. The van der Waals surface area contributed by atoms with E-state index in [4.69, 9.17) is 11.6 Å². The van der Waals surface area contributed by atoms with E-state index in [1.807, 2.05) is 0 Å². The van der Waals surface area contributed by atoms with Gasteiger partial charge in [-0.2, -0.15) is 0 Å². The van der Waals surface area contributed by atoms with Gasteiger partial charge in [0.2, 0.25) is 5.91 Å². The summed E-state index contributed by atoms with van der Waals surface area (Å²) in [7, 11) is -4.06. The Labute approximate surface area is 215 Å². The zero-order valence-corrected chi connectivity index (χ0v) is 20.8. The lowest BCUT2D eigenvalue weighted by Gasteiger charge is -2.18. The molecule has 1 aliphatic rings. The zero-order chi connectivity index (χ0) is 26.3. The average molecular weight is 543 g/mol. The van der Waals surface area contributed by atoms with Crippen molar-refractivity contribution in [2.45, 2.75) is 24.3 Å². The molecule has 0 radical (unpaired) electrons. The molecule has 190 valence electrons. The van der Waals surface area contributed by atoms with E-state index >= 15 is 0 Å². The van der Waals surface area contributed by atoms with Crippen LogP contribution in [0.5, 0.6) is 0 Å². The molecule has 2 N–H and O–H groups in total. The van der Waals surface area contributed by atoms with Crippen LogP contribution >= 0.6 is 11.6 Å². The van der Waals surface area contributed by atoms with Crippen LogP contribution in [0.25, 0.3) is 10.9 Å². The smallest absolute Gasteiger partial charge is 0.312 e. The Morgan fingerprint density at radius 2 is 1.86 bits per heavy atom. The number of benzene rings is 3. The number of halogens is 2. The van der Waals surface area contributed by atoms with Gasteiger partial charge in [0.15, 0.2) is 0 Å². The lowest BCUT2D eigenvalue weighted by atomic mass is 10.1. The van der Waals surface area contributed by atoms with Gasteiger partial charge < -0.3 is 4.90 Å². The fraction of sp³-hybridized carbons (Fsp3) is 0.160. The van der Waals surface area contributed by atoms with Crippen LogP contribution in [0.4, 0.5) is 15.8 Å². The van der Waals surface area contributed by atoms with E-state index in [0.29, 0.717) is 29.6 Å². The Morgan fingerprint density at radius 3 is 2.65 bits per heavy atom. The third-order valence-electron chi connectivity index (χ3n) is 6.17. The van der Waals surface area contributed by atoms with Crippen LogP contribution in [0.1, 0.15) is 12.0 Å². The molecule has 4 aromatic rings. The Balaban J connectivity index is 1.33. The van der Waals surface area contributed by atoms with E-state index < -0.39 is 27.1 Å². The van der Waals surface area contributed by atoms with Crippen LogP contribution in [0.15, 0.2) is 75.1 Å². The highest BCUT2D eigenvalue weighted by Gasteiger charge is 2.26. The fourth-order valence-electron chi connectivity index (χ4n) is 4.43. The van der Waals surface area contributed by atoms with Gasteiger partial charge in [0, 0.05) is 30.9 Å². The van der Waals surface area contributed by atoms with Crippen LogP contribution < -0.4 is 20.9 Å². The number of carbonyl (C=O) groups excluding carboxylic acids is 1. The number of hydrogen-bond acceptors (Lipinski definition) is 5. The first kappa shape index (κ1) is 24.7. The second kappa shape index (κ2) is 9.49. The van der Waals surface area contributed by atoms with E-state index in [0.717, 1.165) is 23.8 Å². The van der Waals surface area contributed by atoms with Crippen molar-refractivity contribution < 1.29 is 17.6 Å². The second-order valence-electron chi connectivity index (χ2n) is 8.50. The number of aryl methyl sites for hydroxylation is 1. The Hall–Kier alpha value is -3.96. The summed E-state index contributed by atoms with van der Waals surface area (Å²) in [4.78, 5) is 41.1. The minimum atomic E-state index is -4.06. The summed E-state index contributed by atoms with van der Waals surface area (Å²) in [5.74, 6) is -0.864. The molecule has 0 aliphatic carbocycles. The van der Waals surface area contributed by atoms with Gasteiger partial charge in [-0.1, -0.05) is 23.7 Å². The van der Waals surface area contributed by atoms with Crippen molar-refractivity contribution in [2.75, 3.05) is 16.2 Å². The van der Waals surface area contributed by atoms with E-state index in [1.165, 1.54) is 10.6 Å². The molecule has 0 saturated carbocycles. The molecule has 0 spiro atoms. The van der Waals surface area contributed by atoms with Gasteiger partial charge in [-0.25, -0.2) is 17.6 Å². The summed E-state index contributed by atoms with van der Waals surface area (Å²) in [6, 6.07) is 14.5. The molecule has 1 aromatic heterocycles. The molecule has 0 unspecified atom stereocenters. The number of nitrogens with zero attached hydrogens (tertiary/aromatic N) is 2. The summed E-state index contributed by atoms with van der Waals surface area (Å²) in [6.45, 7) is 0.479. The Morgan fingerprint density at radius 1 is 1.08 bits per heavy atom. The van der Waals surface area contributed by atoms with Gasteiger partial charge in [0.05, 0.1) is 15.9 Å². The van der Waals surface area contributed by atoms with Gasteiger partial charge in [-0.15, -0.1) is 0 Å². The predicted molar refractivity (Wildman–Crippen MR) is 138 cm³/mol. The topological polar surface area (TPSA) is 121 Å². The first-order valence-corrected chi connectivity index (χ1v) is 13.1. The molecule has 1 aliphatic heterocycles. The number of amides is 1. The third-order valence-corrected chi connectivity index (χ3v) is 8.03. The maximum Gasteiger partial charge on any atom is 0.328 e. The monoisotopic (exact) mass is 542 g/mol. The van der Waals surface area contributed by atoms with Crippen LogP contribution in [-0.4, -0.2) is 30.4 Å². The van der Waals surface area contributed by atoms with Crippen molar-refractivity contribution in [3.8, 4) is 0 Å². The fourth-order valence-corrected chi connectivity index (χ4v) is 6.02. The molecular formula is C25H20ClFN4O5S. The Kier molecular flexibility index (Phi) is 6.34. The van der Waals surface area contributed by atoms with Gasteiger partial charge in [0.1, 0.15) is 10.7 Å². The maximum absolute atomic E-state index is 13.3. The highest BCUT2D eigenvalue weighted by Crippen LogP contribution is 2.32. The summed E-state index contributed by atoms with van der Waals surface area (Å²) in [5.41, 5.74) is 1.07. The standard InChI is InChI=1S/C25H20ClFN4O5S/c26-19-14-16(27)5-8-22(19)37(35,36)29-17-6-7-20-15(13-17)9-11-30(20)23(32)10-12-31-21-4-2-1-3-18(21)24(33)28-25(31)34/h1-8,13-14,29H,9-12H2,(H,28,33,34). The quantitative estimate of drug-likeness (QED) is 0.387. The number of anilines is 2. The number of aromatic nitrogens is 2. The number of carbonyl (C=O) groups is 1. The van der Waals surface area contributed by atoms with E-state index in [2.05, 4.69) is 9.71 Å². The van der Waals surface area contributed by atoms with Gasteiger partial charge in [0.25, 0.3) is 15.6 Å². The van der Waals surface area contributed by atoms with Crippen molar-refractivity contribution in [2.24, 2.45) is 0 Å². The predicted octanol–water partition coefficient (Wildman–Crippen LogP) is 3.26. The van der Waals surface area contributed by atoms with Crippen LogP contribution in [0.3, 0.4) is 0 Å². The molecule has 37 heavy (non-hydrogen) atoms. The number of rotatable bonds is 6. The van der Waals surface area contributed by atoms with Gasteiger partial charge in [-0.05, 0) is 60.5 Å². The number of aromatic amines is 1. The molecule has 0 atom stereocenters. The summed E-state index contributed by atoms with van der Waals surface area (Å²) >= 11 is 5.91. The zero-order valence-electron chi connectivity index (χ0n) is 19.2. The minimum Gasteiger partial charge on any atom is -0.312 e. The van der Waals surface area contributed by atoms with Crippen LogP contribution in [0, 0.1) is 5.82 Å². The van der Waals surface area contributed by atoms with Gasteiger partial charge >= 0.3 is 5.69 Å². The summed E-state index contributed by atoms with van der Waals surface area (Å²) in [5, 5.41) is 0.123. The lowest BCUT2D eigenvalue weighted by molar-refractivity contribution is -0.118. The first-order chi connectivity index (χ1) is 17.6. The minimum absolute atomic E-state index is 0.0207.